The van der Waals surface area contributed by atoms with Crippen molar-refractivity contribution in [3.63, 3.8) is 0 Å². The molecule has 0 aliphatic rings. The molecule has 0 aliphatic carbocycles. The van der Waals surface area contributed by atoms with Crippen molar-refractivity contribution in [2.75, 3.05) is 0 Å². The Morgan fingerprint density at radius 2 is 1.83 bits per heavy atom. The Bertz CT molecular complexity index is 486. The summed E-state index contributed by atoms with van der Waals surface area (Å²) in [6, 6.07) is 7.46. The highest BCUT2D eigenvalue weighted by atomic mass is 19.1. The normalized spacial score (nSPS) is 11.9. The molecule has 0 heterocycles. The summed E-state index contributed by atoms with van der Waals surface area (Å²) in [5, 5.41) is 8.60. The number of ketones is 2. The highest BCUT2D eigenvalue weighted by Crippen LogP contribution is 2.12. The number of nitrogens with zero attached hydrogens (tertiary/aromatic N) is 1. The Morgan fingerprint density at radius 3 is 2.28 bits per heavy atom. The summed E-state index contributed by atoms with van der Waals surface area (Å²) >= 11 is 0. The van der Waals surface area contributed by atoms with Gasteiger partial charge < -0.3 is 0 Å². The molecule has 3 nitrogen and oxygen atoms in total. The molecule has 4 heteroatoms. The van der Waals surface area contributed by atoms with Crippen molar-refractivity contribution in [3.05, 3.63) is 35.4 Å². The van der Waals surface area contributed by atoms with Gasteiger partial charge in [0.1, 0.15) is 0 Å². The second kappa shape index (κ2) is 6.06. The molecule has 1 aromatic carbocycles. The number of Topliss-reactive ketones (excluding diaryl/α,β-unsaturated/α-hetero) is 2. The number of halogens is 1. The van der Waals surface area contributed by atoms with Crippen LogP contribution in [-0.4, -0.2) is 17.7 Å². The quantitative estimate of drug-likeness (QED) is 0.593. The zero-order valence-corrected chi connectivity index (χ0v) is 10.3. The number of nitriles is 1. The van der Waals surface area contributed by atoms with Gasteiger partial charge in [-0.15, -0.1) is 0 Å². The molecule has 0 aliphatic heterocycles. The van der Waals surface area contributed by atoms with E-state index in [2.05, 4.69) is 0 Å². The Labute approximate surface area is 105 Å². The molecule has 0 saturated carbocycles. The molecule has 0 bridgehead atoms. The fraction of sp³-hybridized carbons (Fsp3) is 0.357. The van der Waals surface area contributed by atoms with Gasteiger partial charge in [-0.3, -0.25) is 9.59 Å². The molecule has 0 saturated heterocycles. The summed E-state index contributed by atoms with van der Waals surface area (Å²) in [5.41, 5.74) is 0.495. The van der Waals surface area contributed by atoms with Crippen LogP contribution < -0.4 is 0 Å². The van der Waals surface area contributed by atoms with Crippen molar-refractivity contribution in [1.29, 1.82) is 5.26 Å². The van der Waals surface area contributed by atoms with E-state index < -0.39 is 17.7 Å². The van der Waals surface area contributed by atoms with Crippen LogP contribution in [0.5, 0.6) is 0 Å². The third-order valence-electron chi connectivity index (χ3n) is 2.42. The van der Waals surface area contributed by atoms with Crippen LogP contribution in [0, 0.1) is 17.2 Å². The molecule has 94 valence electrons. The molecule has 1 unspecified atom stereocenters. The first kappa shape index (κ1) is 14.0. The zero-order chi connectivity index (χ0) is 13.7. The lowest BCUT2D eigenvalue weighted by molar-refractivity contribution is -0.122. The molecule has 1 aromatic rings. The summed E-state index contributed by atoms with van der Waals surface area (Å²) < 4.78 is 13.7. The molecule has 0 N–H and O–H groups in total. The van der Waals surface area contributed by atoms with E-state index in [4.69, 9.17) is 5.26 Å². The van der Waals surface area contributed by atoms with E-state index in [1.807, 2.05) is 6.07 Å². The number of rotatable bonds is 5. The Balaban J connectivity index is 2.80. The van der Waals surface area contributed by atoms with Crippen LogP contribution in [0.1, 0.15) is 36.2 Å². The molecule has 1 atom stereocenters. The van der Waals surface area contributed by atoms with Gasteiger partial charge >= 0.3 is 0 Å². The predicted octanol–water partition coefficient (Wildman–Crippen LogP) is 2.69. The van der Waals surface area contributed by atoms with Crippen molar-refractivity contribution >= 4 is 11.6 Å². The van der Waals surface area contributed by atoms with Gasteiger partial charge in [-0.1, -0.05) is 13.8 Å². The number of alkyl halides is 1. The van der Waals surface area contributed by atoms with E-state index in [9.17, 15) is 14.0 Å². The molecule has 0 spiro atoms. The first-order valence-corrected chi connectivity index (χ1v) is 5.67. The number of hydrogen-bond donors (Lipinski definition) is 0. The number of benzene rings is 1. The van der Waals surface area contributed by atoms with Crippen molar-refractivity contribution in [1.82, 2.24) is 0 Å². The van der Waals surface area contributed by atoms with E-state index in [1.54, 1.807) is 13.8 Å². The largest absolute Gasteiger partial charge is 0.296 e. The van der Waals surface area contributed by atoms with Crippen molar-refractivity contribution in [2.24, 2.45) is 5.92 Å². The maximum Gasteiger partial charge on any atom is 0.220 e. The van der Waals surface area contributed by atoms with Crippen LogP contribution >= 0.6 is 0 Å². The Morgan fingerprint density at radius 1 is 1.28 bits per heavy atom. The molecule has 0 aromatic heterocycles. The van der Waals surface area contributed by atoms with E-state index in [0.717, 1.165) is 0 Å². The van der Waals surface area contributed by atoms with Crippen LogP contribution in [0.2, 0.25) is 0 Å². The van der Waals surface area contributed by atoms with Crippen molar-refractivity contribution in [2.45, 2.75) is 26.4 Å². The van der Waals surface area contributed by atoms with Gasteiger partial charge in [0.25, 0.3) is 0 Å². The fourth-order valence-corrected chi connectivity index (χ4v) is 1.51. The smallest absolute Gasteiger partial charge is 0.220 e. The highest BCUT2D eigenvalue weighted by molar-refractivity contribution is 6.13. The SMILES string of the molecule is CC(C)CC(=O)C(F)C(=O)c1ccc(C#N)cc1. The minimum absolute atomic E-state index is 0.0181. The maximum absolute atomic E-state index is 13.7. The average molecular weight is 247 g/mol. The highest BCUT2D eigenvalue weighted by Gasteiger charge is 2.27. The molecule has 0 fully saturated rings. The second-order valence-corrected chi connectivity index (χ2v) is 4.48. The number of hydrogen-bond acceptors (Lipinski definition) is 3. The third-order valence-corrected chi connectivity index (χ3v) is 2.42. The maximum atomic E-state index is 13.7. The third kappa shape index (κ3) is 3.49. The lowest BCUT2D eigenvalue weighted by atomic mass is 9.98. The molecule has 0 radical (unpaired) electrons. The second-order valence-electron chi connectivity index (χ2n) is 4.48. The zero-order valence-electron chi connectivity index (χ0n) is 10.3. The summed E-state index contributed by atoms with van der Waals surface area (Å²) in [5.74, 6) is -1.52. The first-order valence-electron chi connectivity index (χ1n) is 5.67. The molecule has 1 rings (SSSR count). The molecular weight excluding hydrogens is 233 g/mol. The van der Waals surface area contributed by atoms with Gasteiger partial charge in [-0.05, 0) is 30.2 Å². The van der Waals surface area contributed by atoms with E-state index in [0.29, 0.717) is 5.56 Å². The minimum atomic E-state index is -2.11. The van der Waals surface area contributed by atoms with Gasteiger partial charge in [-0.25, -0.2) is 4.39 Å². The van der Waals surface area contributed by atoms with Gasteiger partial charge in [0.15, 0.2) is 5.78 Å². The van der Waals surface area contributed by atoms with Crippen LogP contribution in [-0.2, 0) is 4.79 Å². The summed E-state index contributed by atoms with van der Waals surface area (Å²) in [6.45, 7) is 3.58. The lowest BCUT2D eigenvalue weighted by Gasteiger charge is -2.08. The Hall–Kier alpha value is -2.02. The summed E-state index contributed by atoms with van der Waals surface area (Å²) in [6.07, 6.45) is -2.07. The number of carbonyl (C=O) groups is 2. The summed E-state index contributed by atoms with van der Waals surface area (Å²) in [4.78, 5) is 23.1. The van der Waals surface area contributed by atoms with Crippen LogP contribution in [0.15, 0.2) is 24.3 Å². The van der Waals surface area contributed by atoms with Crippen molar-refractivity contribution < 1.29 is 14.0 Å². The monoisotopic (exact) mass is 247 g/mol. The topological polar surface area (TPSA) is 57.9 Å². The van der Waals surface area contributed by atoms with Gasteiger partial charge in [0, 0.05) is 12.0 Å². The van der Waals surface area contributed by atoms with Gasteiger partial charge in [0.2, 0.25) is 12.0 Å². The van der Waals surface area contributed by atoms with Crippen LogP contribution in [0.3, 0.4) is 0 Å². The lowest BCUT2D eigenvalue weighted by Crippen LogP contribution is -2.26. The van der Waals surface area contributed by atoms with Gasteiger partial charge in [0.05, 0.1) is 11.6 Å². The van der Waals surface area contributed by atoms with Gasteiger partial charge in [-0.2, -0.15) is 5.26 Å². The van der Waals surface area contributed by atoms with E-state index >= 15 is 0 Å². The minimum Gasteiger partial charge on any atom is -0.296 e. The molecule has 18 heavy (non-hydrogen) atoms. The Kier molecular flexibility index (Phi) is 4.73. The van der Waals surface area contributed by atoms with E-state index in [-0.39, 0.29) is 17.9 Å². The standard InChI is InChI=1S/C14H14FNO2/c1-9(2)7-12(17)13(15)14(18)11-5-3-10(8-16)4-6-11/h3-6,9,13H,7H2,1-2H3. The average Bonchev–Trinajstić information content (AvgIpc) is 2.36. The van der Waals surface area contributed by atoms with Crippen molar-refractivity contribution in [3.8, 4) is 6.07 Å². The predicted molar refractivity (Wildman–Crippen MR) is 64.8 cm³/mol. The summed E-state index contributed by atoms with van der Waals surface area (Å²) in [7, 11) is 0. The van der Waals surface area contributed by atoms with Crippen LogP contribution in [0.25, 0.3) is 0 Å². The first-order chi connectivity index (χ1) is 8.45. The van der Waals surface area contributed by atoms with Crippen LogP contribution in [0.4, 0.5) is 4.39 Å². The fourth-order valence-electron chi connectivity index (χ4n) is 1.51. The molecule has 0 amide bonds. The molecular formula is C14H14FNO2. The number of carbonyl (C=O) groups excluding carboxylic acids is 2. The van der Waals surface area contributed by atoms with E-state index in [1.165, 1.54) is 24.3 Å².